The van der Waals surface area contributed by atoms with Gasteiger partial charge in [-0.05, 0) is 43.5 Å². The Hall–Kier alpha value is -2.71. The Bertz CT molecular complexity index is 860. The number of aryl methyl sites for hydroxylation is 1. The van der Waals surface area contributed by atoms with E-state index in [9.17, 15) is 9.59 Å². The zero-order chi connectivity index (χ0) is 21.5. The van der Waals surface area contributed by atoms with Crippen LogP contribution < -0.4 is 0 Å². The summed E-state index contributed by atoms with van der Waals surface area (Å²) in [4.78, 5) is 36.9. The molecule has 1 fully saturated rings. The minimum atomic E-state index is -0.437. The number of aromatic amines is 1. The van der Waals surface area contributed by atoms with Crippen molar-refractivity contribution in [3.8, 4) is 0 Å². The molecular formula is C22H30N4O4. The number of carbonyl (C=O) groups is 2. The number of pyridine rings is 1. The smallest absolute Gasteiger partial charge is 0.339 e. The van der Waals surface area contributed by atoms with E-state index in [0.29, 0.717) is 35.6 Å². The Morgan fingerprint density at radius 2 is 1.93 bits per heavy atom. The Morgan fingerprint density at radius 3 is 2.60 bits per heavy atom. The van der Waals surface area contributed by atoms with Gasteiger partial charge in [-0.2, -0.15) is 0 Å². The Balaban J connectivity index is 1.76. The van der Waals surface area contributed by atoms with Crippen molar-refractivity contribution in [2.24, 2.45) is 0 Å². The molecule has 0 aliphatic carbocycles. The first-order valence-electron chi connectivity index (χ1n) is 10.3. The molecule has 2 aromatic heterocycles. The van der Waals surface area contributed by atoms with Crippen LogP contribution >= 0.6 is 0 Å². The normalized spacial score (nSPS) is 14.5. The van der Waals surface area contributed by atoms with Gasteiger partial charge in [0, 0.05) is 50.8 Å². The van der Waals surface area contributed by atoms with Gasteiger partial charge in [-0.25, -0.2) is 4.79 Å². The van der Waals surface area contributed by atoms with Crippen LogP contribution in [0.5, 0.6) is 0 Å². The highest BCUT2D eigenvalue weighted by Gasteiger charge is 2.26. The molecule has 0 radical (unpaired) electrons. The van der Waals surface area contributed by atoms with Gasteiger partial charge in [-0.3, -0.25) is 14.7 Å². The first-order valence-corrected chi connectivity index (χ1v) is 10.3. The molecule has 30 heavy (non-hydrogen) atoms. The SMILES string of the molecule is COC(=O)c1c(C)[nH]c(C(=O)N(CCCN2CCOCC2)Cc2ccncc2)c1C. The van der Waals surface area contributed by atoms with E-state index in [0.717, 1.165) is 44.8 Å². The molecule has 8 heteroatoms. The number of rotatable bonds is 8. The van der Waals surface area contributed by atoms with Crippen molar-refractivity contribution in [2.75, 3.05) is 46.5 Å². The molecule has 162 valence electrons. The number of hydrogen-bond acceptors (Lipinski definition) is 6. The summed E-state index contributed by atoms with van der Waals surface area (Å²) in [6.07, 6.45) is 4.32. The molecule has 0 spiro atoms. The monoisotopic (exact) mass is 414 g/mol. The molecule has 0 saturated carbocycles. The summed E-state index contributed by atoms with van der Waals surface area (Å²) in [7, 11) is 1.34. The van der Waals surface area contributed by atoms with Gasteiger partial charge in [0.1, 0.15) is 5.69 Å². The zero-order valence-electron chi connectivity index (χ0n) is 17.9. The van der Waals surface area contributed by atoms with Crippen molar-refractivity contribution in [3.05, 3.63) is 52.6 Å². The fourth-order valence-electron chi connectivity index (χ4n) is 3.80. The molecule has 8 nitrogen and oxygen atoms in total. The molecule has 0 atom stereocenters. The van der Waals surface area contributed by atoms with Crippen LogP contribution in [0.15, 0.2) is 24.5 Å². The second-order valence-electron chi connectivity index (χ2n) is 7.51. The highest BCUT2D eigenvalue weighted by Crippen LogP contribution is 2.21. The molecule has 1 N–H and O–H groups in total. The van der Waals surface area contributed by atoms with Crippen LogP contribution in [0.25, 0.3) is 0 Å². The molecule has 3 heterocycles. The second-order valence-corrected chi connectivity index (χ2v) is 7.51. The Kier molecular flexibility index (Phi) is 7.59. The number of H-pyrrole nitrogens is 1. The quantitative estimate of drug-likeness (QED) is 0.666. The van der Waals surface area contributed by atoms with Crippen molar-refractivity contribution in [1.29, 1.82) is 0 Å². The van der Waals surface area contributed by atoms with E-state index in [4.69, 9.17) is 9.47 Å². The van der Waals surface area contributed by atoms with Crippen LogP contribution in [0.4, 0.5) is 0 Å². The van der Waals surface area contributed by atoms with E-state index < -0.39 is 5.97 Å². The van der Waals surface area contributed by atoms with Gasteiger partial charge < -0.3 is 19.4 Å². The first-order chi connectivity index (χ1) is 14.5. The summed E-state index contributed by atoms with van der Waals surface area (Å²) >= 11 is 0. The first kappa shape index (κ1) is 22.0. The molecule has 0 aromatic carbocycles. The summed E-state index contributed by atoms with van der Waals surface area (Å²) in [6.45, 7) is 8.95. The number of methoxy groups -OCH3 is 1. The molecular weight excluding hydrogens is 384 g/mol. The lowest BCUT2D eigenvalue weighted by molar-refractivity contribution is 0.0355. The highest BCUT2D eigenvalue weighted by atomic mass is 16.5. The molecule has 1 aliphatic heterocycles. The second kappa shape index (κ2) is 10.4. The van der Waals surface area contributed by atoms with Crippen LogP contribution in [0.3, 0.4) is 0 Å². The average molecular weight is 415 g/mol. The van der Waals surface area contributed by atoms with Gasteiger partial charge >= 0.3 is 5.97 Å². The maximum absolute atomic E-state index is 13.4. The van der Waals surface area contributed by atoms with Gasteiger partial charge in [0.25, 0.3) is 5.91 Å². The number of nitrogens with one attached hydrogen (secondary N) is 1. The number of hydrogen-bond donors (Lipinski definition) is 1. The van der Waals surface area contributed by atoms with Crippen LogP contribution in [0.1, 0.15) is 44.1 Å². The zero-order valence-corrected chi connectivity index (χ0v) is 17.9. The van der Waals surface area contributed by atoms with Gasteiger partial charge in [0.15, 0.2) is 0 Å². The predicted octanol–water partition coefficient (Wildman–Crippen LogP) is 2.18. The van der Waals surface area contributed by atoms with Gasteiger partial charge in [-0.15, -0.1) is 0 Å². The fraction of sp³-hybridized carbons (Fsp3) is 0.500. The van der Waals surface area contributed by atoms with E-state index in [1.165, 1.54) is 7.11 Å². The predicted molar refractivity (Wildman–Crippen MR) is 112 cm³/mol. The molecule has 1 saturated heterocycles. The molecule has 0 unspecified atom stereocenters. The van der Waals surface area contributed by atoms with Crippen molar-refractivity contribution in [2.45, 2.75) is 26.8 Å². The Labute approximate surface area is 177 Å². The third kappa shape index (κ3) is 5.25. The van der Waals surface area contributed by atoms with Gasteiger partial charge in [-0.1, -0.05) is 0 Å². The van der Waals surface area contributed by atoms with Crippen molar-refractivity contribution in [1.82, 2.24) is 19.8 Å². The fourth-order valence-corrected chi connectivity index (χ4v) is 3.80. The van der Waals surface area contributed by atoms with Crippen molar-refractivity contribution in [3.63, 3.8) is 0 Å². The van der Waals surface area contributed by atoms with Crippen LogP contribution in [-0.2, 0) is 16.0 Å². The standard InChI is InChI=1S/C22H30N4O4/c1-16-19(22(28)29-3)17(2)24-20(16)21(27)26(15-18-5-7-23-8-6-18)10-4-9-25-11-13-30-14-12-25/h5-8,24H,4,9-15H2,1-3H3. The minimum Gasteiger partial charge on any atom is -0.465 e. The van der Waals surface area contributed by atoms with E-state index in [-0.39, 0.29) is 5.91 Å². The van der Waals surface area contributed by atoms with Crippen molar-refractivity contribution < 1.29 is 19.1 Å². The third-order valence-electron chi connectivity index (χ3n) is 5.46. The average Bonchev–Trinajstić information content (AvgIpc) is 3.07. The maximum atomic E-state index is 13.4. The number of amides is 1. The van der Waals surface area contributed by atoms with Gasteiger partial charge in [0.05, 0.1) is 25.9 Å². The lowest BCUT2D eigenvalue weighted by Gasteiger charge is -2.28. The maximum Gasteiger partial charge on any atom is 0.339 e. The third-order valence-corrected chi connectivity index (χ3v) is 5.46. The summed E-state index contributed by atoms with van der Waals surface area (Å²) in [5, 5.41) is 0. The number of morpholine rings is 1. The summed E-state index contributed by atoms with van der Waals surface area (Å²) in [5.74, 6) is -0.558. The molecule has 1 aliphatic rings. The summed E-state index contributed by atoms with van der Waals surface area (Å²) in [6, 6.07) is 3.82. The lowest BCUT2D eigenvalue weighted by atomic mass is 10.1. The van der Waals surface area contributed by atoms with Crippen molar-refractivity contribution >= 4 is 11.9 Å². The number of carbonyl (C=O) groups excluding carboxylic acids is 2. The van der Waals surface area contributed by atoms with E-state index in [1.807, 2.05) is 17.0 Å². The topological polar surface area (TPSA) is 87.8 Å². The Morgan fingerprint density at radius 1 is 1.23 bits per heavy atom. The number of aromatic nitrogens is 2. The molecule has 2 aromatic rings. The molecule has 1 amide bonds. The lowest BCUT2D eigenvalue weighted by Crippen LogP contribution is -2.39. The van der Waals surface area contributed by atoms with Crippen LogP contribution in [0.2, 0.25) is 0 Å². The molecule has 3 rings (SSSR count). The minimum absolute atomic E-state index is 0.121. The van der Waals surface area contributed by atoms with Gasteiger partial charge in [0.2, 0.25) is 0 Å². The molecule has 0 bridgehead atoms. The summed E-state index contributed by atoms with van der Waals surface area (Å²) < 4.78 is 10.3. The number of ether oxygens (including phenoxy) is 2. The van der Waals surface area contributed by atoms with Crippen LogP contribution in [-0.4, -0.2) is 78.1 Å². The van der Waals surface area contributed by atoms with E-state index in [1.54, 1.807) is 26.2 Å². The summed E-state index contributed by atoms with van der Waals surface area (Å²) in [5.41, 5.74) is 3.14. The van der Waals surface area contributed by atoms with E-state index in [2.05, 4.69) is 14.9 Å². The largest absolute Gasteiger partial charge is 0.465 e. The number of nitrogens with zero attached hydrogens (tertiary/aromatic N) is 3. The number of esters is 1. The van der Waals surface area contributed by atoms with Crippen LogP contribution in [0, 0.1) is 13.8 Å². The highest BCUT2D eigenvalue weighted by molar-refractivity contribution is 6.00. The van der Waals surface area contributed by atoms with E-state index >= 15 is 0 Å².